The second-order valence-electron chi connectivity index (χ2n) is 4.34. The summed E-state index contributed by atoms with van der Waals surface area (Å²) in [4.78, 5) is 11.9. The maximum Gasteiger partial charge on any atom is 0.251 e. The van der Waals surface area contributed by atoms with Gasteiger partial charge >= 0.3 is 0 Å². The van der Waals surface area contributed by atoms with Crippen molar-refractivity contribution < 1.29 is 14.6 Å². The summed E-state index contributed by atoms with van der Waals surface area (Å²) in [6.07, 6.45) is 0. The van der Waals surface area contributed by atoms with Crippen LogP contribution in [0.3, 0.4) is 0 Å². The number of amides is 1. The Bertz CT molecular complexity index is 647. The normalized spacial score (nSPS) is 10.1. The Kier molecular flexibility index (Phi) is 5.26. The Balaban J connectivity index is 1.80. The minimum atomic E-state index is -0.252. The lowest BCUT2D eigenvalue weighted by molar-refractivity contribution is 0.0946. The van der Waals surface area contributed by atoms with Crippen LogP contribution in [0.4, 0.5) is 5.69 Å². The molecule has 5 nitrogen and oxygen atoms in total. The molecule has 0 aliphatic heterocycles. The Morgan fingerprint density at radius 3 is 2.81 bits per heavy atom. The Hall–Kier alpha value is -1.96. The van der Waals surface area contributed by atoms with Crippen LogP contribution in [0.2, 0.25) is 0 Å². The van der Waals surface area contributed by atoms with Gasteiger partial charge in [-0.3, -0.25) is 4.79 Å². The molecule has 110 valence electrons. The smallest absolute Gasteiger partial charge is 0.251 e. The first kappa shape index (κ1) is 15.4. The summed E-state index contributed by atoms with van der Waals surface area (Å²) in [6, 6.07) is 11.9. The third kappa shape index (κ3) is 4.52. The molecule has 0 aliphatic carbocycles. The number of nitrogens with two attached hydrogens (primary N) is 1. The first-order chi connectivity index (χ1) is 10.1. The molecule has 0 radical (unpaired) electrons. The summed E-state index contributed by atoms with van der Waals surface area (Å²) < 4.78 is 6.17. The van der Waals surface area contributed by atoms with E-state index in [1.54, 1.807) is 36.4 Å². The van der Waals surface area contributed by atoms with Crippen molar-refractivity contribution in [2.75, 3.05) is 18.9 Å². The highest BCUT2D eigenvalue weighted by Crippen LogP contribution is 2.20. The summed E-state index contributed by atoms with van der Waals surface area (Å²) in [6.45, 7) is 0.700. The van der Waals surface area contributed by atoms with Crippen molar-refractivity contribution in [3.05, 3.63) is 51.6 Å². The first-order valence-electron chi connectivity index (χ1n) is 6.31. The van der Waals surface area contributed by atoms with E-state index in [1.165, 1.54) is 6.07 Å². The molecule has 2 aromatic rings. The average Bonchev–Trinajstić information content (AvgIpc) is 2.46. The van der Waals surface area contributed by atoms with Gasteiger partial charge < -0.3 is 20.9 Å². The van der Waals surface area contributed by atoms with Crippen LogP contribution in [-0.2, 0) is 0 Å². The zero-order valence-electron chi connectivity index (χ0n) is 11.2. The molecule has 0 unspecified atom stereocenters. The van der Waals surface area contributed by atoms with Crippen LogP contribution in [0.25, 0.3) is 0 Å². The molecule has 0 atom stereocenters. The molecule has 0 saturated heterocycles. The van der Waals surface area contributed by atoms with Crippen molar-refractivity contribution in [3.8, 4) is 11.5 Å². The van der Waals surface area contributed by atoms with Gasteiger partial charge in [0.25, 0.3) is 5.91 Å². The summed E-state index contributed by atoms with van der Waals surface area (Å²) in [5.74, 6) is 0.508. The van der Waals surface area contributed by atoms with Crippen LogP contribution >= 0.6 is 22.6 Å². The van der Waals surface area contributed by atoms with Gasteiger partial charge in [-0.25, -0.2) is 0 Å². The minimum Gasteiger partial charge on any atom is -0.507 e. The number of halogens is 1. The van der Waals surface area contributed by atoms with Crippen molar-refractivity contribution in [1.82, 2.24) is 5.32 Å². The second kappa shape index (κ2) is 7.16. The summed E-state index contributed by atoms with van der Waals surface area (Å²) >= 11 is 2.00. The fourth-order valence-electron chi connectivity index (χ4n) is 1.69. The number of phenols is 1. The van der Waals surface area contributed by atoms with E-state index in [9.17, 15) is 9.90 Å². The lowest BCUT2D eigenvalue weighted by atomic mass is 10.2. The lowest BCUT2D eigenvalue weighted by Crippen LogP contribution is -2.28. The van der Waals surface area contributed by atoms with Crippen molar-refractivity contribution in [2.24, 2.45) is 0 Å². The van der Waals surface area contributed by atoms with E-state index < -0.39 is 0 Å². The van der Waals surface area contributed by atoms with Crippen molar-refractivity contribution in [1.29, 1.82) is 0 Å². The standard InChI is InChI=1S/C15H15IN2O3/c16-13-5-4-10(8-14(13)19)15(20)18-6-7-21-12-3-1-2-11(17)9-12/h1-5,8-9,19H,6-7,17H2,(H,18,20). The highest BCUT2D eigenvalue weighted by Gasteiger charge is 2.07. The number of nitrogen functional groups attached to an aromatic ring is 1. The molecule has 0 saturated carbocycles. The van der Waals surface area contributed by atoms with E-state index in [2.05, 4.69) is 5.32 Å². The Labute approximate surface area is 136 Å². The maximum atomic E-state index is 11.9. The number of aromatic hydroxyl groups is 1. The van der Waals surface area contributed by atoms with Gasteiger partial charge in [0.1, 0.15) is 18.1 Å². The quantitative estimate of drug-likeness (QED) is 0.410. The van der Waals surface area contributed by atoms with E-state index in [4.69, 9.17) is 10.5 Å². The van der Waals surface area contributed by atoms with Crippen LogP contribution < -0.4 is 15.8 Å². The number of ether oxygens (including phenoxy) is 1. The topological polar surface area (TPSA) is 84.6 Å². The third-order valence-corrected chi connectivity index (χ3v) is 3.63. The average molecular weight is 398 g/mol. The molecule has 2 aromatic carbocycles. The largest absolute Gasteiger partial charge is 0.507 e. The molecule has 0 bridgehead atoms. The van der Waals surface area contributed by atoms with Crippen molar-refractivity contribution in [2.45, 2.75) is 0 Å². The fourth-order valence-corrected chi connectivity index (χ4v) is 2.03. The molecule has 21 heavy (non-hydrogen) atoms. The Morgan fingerprint density at radius 2 is 2.10 bits per heavy atom. The zero-order valence-corrected chi connectivity index (χ0v) is 13.3. The van der Waals surface area contributed by atoms with Gasteiger partial charge in [0.05, 0.1) is 10.1 Å². The van der Waals surface area contributed by atoms with E-state index in [1.807, 2.05) is 22.6 Å². The third-order valence-electron chi connectivity index (χ3n) is 2.72. The molecule has 6 heteroatoms. The number of hydrogen-bond donors (Lipinski definition) is 3. The SMILES string of the molecule is Nc1cccc(OCCNC(=O)c2ccc(I)c(O)c2)c1. The van der Waals surface area contributed by atoms with Crippen LogP contribution in [0, 0.1) is 3.57 Å². The number of hydrogen-bond acceptors (Lipinski definition) is 4. The summed E-state index contributed by atoms with van der Waals surface area (Å²) in [5, 5.41) is 12.3. The molecule has 1 amide bonds. The predicted octanol–water partition coefficient (Wildman–Crippen LogP) is 2.39. The molecule has 2 rings (SSSR count). The van der Waals surface area contributed by atoms with Crippen LogP contribution in [0.15, 0.2) is 42.5 Å². The highest BCUT2D eigenvalue weighted by molar-refractivity contribution is 14.1. The maximum absolute atomic E-state index is 11.9. The van der Waals surface area contributed by atoms with Crippen LogP contribution in [-0.4, -0.2) is 24.2 Å². The number of anilines is 1. The van der Waals surface area contributed by atoms with Crippen molar-refractivity contribution in [3.63, 3.8) is 0 Å². The number of phenolic OH excluding ortho intramolecular Hbond substituents is 1. The van der Waals surface area contributed by atoms with E-state index in [0.29, 0.717) is 33.7 Å². The Morgan fingerprint density at radius 1 is 1.29 bits per heavy atom. The van der Waals surface area contributed by atoms with Gasteiger partial charge in [0.2, 0.25) is 0 Å². The number of nitrogens with one attached hydrogen (secondary N) is 1. The minimum absolute atomic E-state index is 0.0965. The molecule has 4 N–H and O–H groups in total. The predicted molar refractivity (Wildman–Crippen MR) is 89.5 cm³/mol. The summed E-state index contributed by atoms with van der Waals surface area (Å²) in [7, 11) is 0. The van der Waals surface area contributed by atoms with Crippen LogP contribution in [0.5, 0.6) is 11.5 Å². The van der Waals surface area contributed by atoms with Crippen LogP contribution in [0.1, 0.15) is 10.4 Å². The van der Waals surface area contributed by atoms with E-state index in [0.717, 1.165) is 0 Å². The molecule has 0 spiro atoms. The highest BCUT2D eigenvalue weighted by atomic mass is 127. The number of benzene rings is 2. The van der Waals surface area contributed by atoms with Gasteiger partial charge in [0, 0.05) is 17.3 Å². The monoisotopic (exact) mass is 398 g/mol. The van der Waals surface area contributed by atoms with E-state index >= 15 is 0 Å². The molecule has 0 fully saturated rings. The van der Waals surface area contributed by atoms with E-state index in [-0.39, 0.29) is 11.7 Å². The van der Waals surface area contributed by atoms with Gasteiger partial charge in [0.15, 0.2) is 0 Å². The zero-order chi connectivity index (χ0) is 15.2. The van der Waals surface area contributed by atoms with Crippen molar-refractivity contribution >= 4 is 34.2 Å². The van der Waals surface area contributed by atoms with Gasteiger partial charge in [-0.05, 0) is 52.9 Å². The summed E-state index contributed by atoms with van der Waals surface area (Å²) in [5.41, 5.74) is 6.68. The molecular formula is C15H15IN2O3. The number of rotatable bonds is 5. The molecule has 0 heterocycles. The van der Waals surface area contributed by atoms with Gasteiger partial charge in [-0.15, -0.1) is 0 Å². The first-order valence-corrected chi connectivity index (χ1v) is 7.39. The molecule has 0 aliphatic rings. The number of carbonyl (C=O) groups excluding carboxylic acids is 1. The molecular weight excluding hydrogens is 383 g/mol. The molecule has 0 aromatic heterocycles. The second-order valence-corrected chi connectivity index (χ2v) is 5.51. The number of carbonyl (C=O) groups is 1. The fraction of sp³-hybridized carbons (Fsp3) is 0.133. The lowest BCUT2D eigenvalue weighted by Gasteiger charge is -2.08. The van der Waals surface area contributed by atoms with Gasteiger partial charge in [-0.2, -0.15) is 0 Å². The van der Waals surface area contributed by atoms with Gasteiger partial charge in [-0.1, -0.05) is 6.07 Å².